The van der Waals surface area contributed by atoms with E-state index in [2.05, 4.69) is 5.32 Å². The first-order valence-corrected chi connectivity index (χ1v) is 11.2. The molecule has 4 rings (SSSR count). The first-order valence-electron chi connectivity index (χ1n) is 10.8. The largest absolute Gasteiger partial charge is 0.503 e. The third-order valence-electron chi connectivity index (χ3n) is 6.42. The summed E-state index contributed by atoms with van der Waals surface area (Å²) in [5.74, 6) is -0.640. The van der Waals surface area contributed by atoms with Crippen LogP contribution in [0.5, 0.6) is 17.2 Å². The average molecular weight is 484 g/mol. The van der Waals surface area contributed by atoms with Crippen LogP contribution in [0, 0.1) is 0 Å². The van der Waals surface area contributed by atoms with Crippen molar-refractivity contribution in [2.75, 3.05) is 21.3 Å². The van der Waals surface area contributed by atoms with Gasteiger partial charge in [-0.15, -0.1) is 0 Å². The number of rotatable bonds is 5. The van der Waals surface area contributed by atoms with E-state index in [1.165, 1.54) is 14.2 Å². The van der Waals surface area contributed by atoms with Gasteiger partial charge in [-0.2, -0.15) is 0 Å². The molecule has 1 aliphatic carbocycles. The predicted molar refractivity (Wildman–Crippen MR) is 127 cm³/mol. The van der Waals surface area contributed by atoms with Gasteiger partial charge in [-0.1, -0.05) is 23.7 Å². The van der Waals surface area contributed by atoms with Gasteiger partial charge < -0.3 is 24.6 Å². The van der Waals surface area contributed by atoms with E-state index in [0.29, 0.717) is 35.2 Å². The maximum absolute atomic E-state index is 13.6. The lowest BCUT2D eigenvalue weighted by atomic mass is 9.71. The van der Waals surface area contributed by atoms with Gasteiger partial charge in [0.2, 0.25) is 0 Å². The van der Waals surface area contributed by atoms with Gasteiger partial charge in [0.1, 0.15) is 5.75 Å². The molecule has 1 heterocycles. The Morgan fingerprint density at radius 2 is 1.76 bits per heavy atom. The van der Waals surface area contributed by atoms with E-state index in [-0.39, 0.29) is 28.2 Å². The SMILES string of the molecule is COC(=O)C1=C(C)NC2=C(C(=O)C[C@H](c3ccc(OC)cc3)C2)[C@@H]1c1cc(Cl)c(O)c(OC)c1. The number of halogens is 1. The maximum atomic E-state index is 13.6. The van der Waals surface area contributed by atoms with Gasteiger partial charge in [0.25, 0.3) is 0 Å². The molecule has 0 aromatic heterocycles. The lowest BCUT2D eigenvalue weighted by molar-refractivity contribution is -0.136. The van der Waals surface area contributed by atoms with Crippen LogP contribution in [0.1, 0.15) is 42.7 Å². The molecule has 0 radical (unpaired) electrons. The zero-order chi connectivity index (χ0) is 24.6. The summed E-state index contributed by atoms with van der Waals surface area (Å²) in [6.07, 6.45) is 0.887. The Morgan fingerprint density at radius 3 is 2.38 bits per heavy atom. The second-order valence-electron chi connectivity index (χ2n) is 8.34. The number of methoxy groups -OCH3 is 3. The summed E-state index contributed by atoms with van der Waals surface area (Å²) in [6, 6.07) is 10.9. The molecule has 2 aromatic carbocycles. The predicted octanol–water partition coefficient (Wildman–Crippen LogP) is 4.60. The number of esters is 1. The highest BCUT2D eigenvalue weighted by molar-refractivity contribution is 6.32. The van der Waals surface area contributed by atoms with E-state index in [1.54, 1.807) is 26.2 Å². The number of Topliss-reactive ketones (excluding diaryl/α,β-unsaturated/α-hetero) is 1. The van der Waals surface area contributed by atoms with E-state index >= 15 is 0 Å². The van der Waals surface area contributed by atoms with Crippen LogP contribution in [0.4, 0.5) is 0 Å². The number of hydrogen-bond acceptors (Lipinski definition) is 7. The van der Waals surface area contributed by atoms with Crippen molar-refractivity contribution in [3.63, 3.8) is 0 Å². The Kier molecular flexibility index (Phi) is 6.57. The van der Waals surface area contributed by atoms with Crippen molar-refractivity contribution < 1.29 is 28.9 Å². The van der Waals surface area contributed by atoms with Gasteiger partial charge in [0, 0.05) is 29.3 Å². The van der Waals surface area contributed by atoms with Gasteiger partial charge in [-0.05, 0) is 54.7 Å². The number of ketones is 1. The third-order valence-corrected chi connectivity index (χ3v) is 6.71. The van der Waals surface area contributed by atoms with Gasteiger partial charge in [0.05, 0.1) is 31.9 Å². The third kappa shape index (κ3) is 4.12. The fraction of sp³-hybridized carbons (Fsp3) is 0.308. The Bertz CT molecular complexity index is 1210. The second-order valence-corrected chi connectivity index (χ2v) is 8.74. The van der Waals surface area contributed by atoms with Crippen LogP contribution in [0.15, 0.2) is 58.9 Å². The van der Waals surface area contributed by atoms with Crippen LogP contribution in [0.2, 0.25) is 5.02 Å². The summed E-state index contributed by atoms with van der Waals surface area (Å²) in [7, 11) is 4.33. The number of hydrogen-bond donors (Lipinski definition) is 2. The minimum absolute atomic E-state index is 0.0178. The van der Waals surface area contributed by atoms with Gasteiger partial charge in [0.15, 0.2) is 17.3 Å². The summed E-state index contributed by atoms with van der Waals surface area (Å²) >= 11 is 6.26. The van der Waals surface area contributed by atoms with Gasteiger partial charge >= 0.3 is 5.97 Å². The molecular weight excluding hydrogens is 458 g/mol. The quantitative estimate of drug-likeness (QED) is 0.600. The van der Waals surface area contributed by atoms with Gasteiger partial charge in [-0.3, -0.25) is 4.79 Å². The molecule has 1 aliphatic heterocycles. The van der Waals surface area contributed by atoms with E-state index in [1.807, 2.05) is 24.3 Å². The van der Waals surface area contributed by atoms with Crippen LogP contribution in [-0.4, -0.2) is 38.2 Å². The lowest BCUT2D eigenvalue weighted by Crippen LogP contribution is -2.36. The van der Waals surface area contributed by atoms with Crippen molar-refractivity contribution in [1.82, 2.24) is 5.32 Å². The fourth-order valence-electron chi connectivity index (χ4n) is 4.78. The molecule has 2 aromatic rings. The highest BCUT2D eigenvalue weighted by Crippen LogP contribution is 2.48. The molecule has 0 spiro atoms. The molecule has 0 bridgehead atoms. The number of benzene rings is 2. The summed E-state index contributed by atoms with van der Waals surface area (Å²) in [6.45, 7) is 1.78. The second kappa shape index (κ2) is 9.43. The molecule has 8 heteroatoms. The topological polar surface area (TPSA) is 94.1 Å². The Hall–Kier alpha value is -3.45. The molecule has 0 unspecified atom stereocenters. The highest BCUT2D eigenvalue weighted by Gasteiger charge is 2.41. The number of phenols is 1. The number of phenolic OH excluding ortho intramolecular Hbond substituents is 1. The normalized spacial score (nSPS) is 20.0. The average Bonchev–Trinajstić information content (AvgIpc) is 2.84. The number of dihydropyridines is 1. The zero-order valence-corrected chi connectivity index (χ0v) is 20.2. The Balaban J connectivity index is 1.83. The Labute approximate surface area is 203 Å². The summed E-state index contributed by atoms with van der Waals surface area (Å²) < 4.78 is 15.6. The number of carbonyl (C=O) groups is 2. The first-order chi connectivity index (χ1) is 16.3. The minimum Gasteiger partial charge on any atom is -0.503 e. The molecular formula is C26H26ClNO6. The molecule has 7 nitrogen and oxygen atoms in total. The van der Waals surface area contributed by atoms with E-state index in [4.69, 9.17) is 25.8 Å². The molecule has 178 valence electrons. The maximum Gasteiger partial charge on any atom is 0.336 e. The van der Waals surface area contributed by atoms with Crippen molar-refractivity contribution in [1.29, 1.82) is 0 Å². The van der Waals surface area contributed by atoms with Crippen LogP contribution in [0.25, 0.3) is 0 Å². The van der Waals surface area contributed by atoms with Crippen LogP contribution < -0.4 is 14.8 Å². The highest BCUT2D eigenvalue weighted by atomic mass is 35.5. The molecule has 0 amide bonds. The van der Waals surface area contributed by atoms with Crippen LogP contribution >= 0.6 is 11.6 Å². The lowest BCUT2D eigenvalue weighted by Gasteiger charge is -2.36. The molecule has 2 N–H and O–H groups in total. The number of allylic oxidation sites excluding steroid dienone is 3. The number of carbonyl (C=O) groups excluding carboxylic acids is 2. The number of nitrogens with one attached hydrogen (secondary N) is 1. The number of aromatic hydroxyl groups is 1. The van der Waals surface area contributed by atoms with Crippen molar-refractivity contribution in [2.24, 2.45) is 0 Å². The summed E-state index contributed by atoms with van der Waals surface area (Å²) in [5.41, 5.74) is 3.77. The number of ether oxygens (including phenoxy) is 3. The molecule has 0 saturated heterocycles. The van der Waals surface area contributed by atoms with Gasteiger partial charge in [-0.25, -0.2) is 4.79 Å². The van der Waals surface area contributed by atoms with Crippen molar-refractivity contribution >= 4 is 23.4 Å². The summed E-state index contributed by atoms with van der Waals surface area (Å²) in [5, 5.41) is 13.6. The zero-order valence-electron chi connectivity index (χ0n) is 19.4. The molecule has 2 aliphatic rings. The standard InChI is InChI=1S/C26H26ClNO6/c1-13-22(26(31)34-4)23(16-9-18(27)25(30)21(12-16)33-3)24-19(28-13)10-15(11-20(24)29)14-5-7-17(32-2)8-6-14/h5-9,12,15,23,28,30H,10-11H2,1-4H3/t15-,23-/m1/s1. The van der Waals surface area contributed by atoms with Crippen molar-refractivity contribution in [3.05, 3.63) is 75.1 Å². The van der Waals surface area contributed by atoms with E-state index in [0.717, 1.165) is 17.0 Å². The fourth-order valence-corrected chi connectivity index (χ4v) is 5.00. The Morgan fingerprint density at radius 1 is 1.06 bits per heavy atom. The van der Waals surface area contributed by atoms with E-state index in [9.17, 15) is 14.7 Å². The molecule has 0 fully saturated rings. The first kappa shape index (κ1) is 23.7. The monoisotopic (exact) mass is 483 g/mol. The smallest absolute Gasteiger partial charge is 0.336 e. The molecule has 2 atom stereocenters. The summed E-state index contributed by atoms with van der Waals surface area (Å²) in [4.78, 5) is 26.4. The molecule has 0 saturated carbocycles. The van der Waals surface area contributed by atoms with Crippen LogP contribution in [0.3, 0.4) is 0 Å². The molecule has 34 heavy (non-hydrogen) atoms. The van der Waals surface area contributed by atoms with Crippen molar-refractivity contribution in [2.45, 2.75) is 31.6 Å². The van der Waals surface area contributed by atoms with Crippen molar-refractivity contribution in [3.8, 4) is 17.2 Å². The minimum atomic E-state index is -0.708. The van der Waals surface area contributed by atoms with Crippen LogP contribution in [-0.2, 0) is 14.3 Å². The van der Waals surface area contributed by atoms with E-state index < -0.39 is 11.9 Å².